The van der Waals surface area contributed by atoms with Crippen molar-refractivity contribution in [2.75, 3.05) is 5.73 Å². The van der Waals surface area contributed by atoms with Crippen LogP contribution in [0.3, 0.4) is 0 Å². The fourth-order valence-electron chi connectivity index (χ4n) is 1.66. The van der Waals surface area contributed by atoms with E-state index in [1.165, 1.54) is 13.1 Å². The van der Waals surface area contributed by atoms with Crippen LogP contribution in [0.1, 0.15) is 32.1 Å². The number of carbonyl (C=O) groups excluding carboxylic acids is 1. The molecule has 2 rings (SSSR count). The van der Waals surface area contributed by atoms with Crippen molar-refractivity contribution in [3.05, 3.63) is 22.2 Å². The normalized spacial score (nSPS) is 11.2. The summed E-state index contributed by atoms with van der Waals surface area (Å²) in [6, 6.07) is 0. The Morgan fingerprint density at radius 1 is 1.48 bits per heavy atom. The van der Waals surface area contributed by atoms with Gasteiger partial charge in [0.15, 0.2) is 11.2 Å². The van der Waals surface area contributed by atoms with E-state index in [1.54, 1.807) is 0 Å². The van der Waals surface area contributed by atoms with E-state index < -0.39 is 17.6 Å². The van der Waals surface area contributed by atoms with Crippen molar-refractivity contribution in [3.63, 3.8) is 0 Å². The first-order chi connectivity index (χ1) is 10.0. The summed E-state index contributed by atoms with van der Waals surface area (Å²) in [6.45, 7) is 3.15. The highest BCUT2D eigenvalue weighted by molar-refractivity contribution is 5.69. The van der Waals surface area contributed by atoms with Crippen LogP contribution in [-0.2, 0) is 9.53 Å². The van der Waals surface area contributed by atoms with E-state index in [9.17, 15) is 9.59 Å². The molecule has 0 fully saturated rings. The summed E-state index contributed by atoms with van der Waals surface area (Å²) in [6.07, 6.45) is 9.41. The fourth-order valence-corrected chi connectivity index (χ4v) is 1.66. The molecule has 0 saturated carbocycles. The van der Waals surface area contributed by atoms with Gasteiger partial charge in [0.05, 0.1) is 6.20 Å². The van der Waals surface area contributed by atoms with Crippen LogP contribution < -0.4 is 11.3 Å². The molecule has 21 heavy (non-hydrogen) atoms. The van der Waals surface area contributed by atoms with E-state index in [0.29, 0.717) is 12.1 Å². The number of nitrogens with one attached hydrogen (secondary N) is 1. The molecule has 8 heteroatoms. The number of hydrogen-bond donors (Lipinski definition) is 2. The molecule has 0 spiro atoms. The van der Waals surface area contributed by atoms with Gasteiger partial charge in [0.25, 0.3) is 5.56 Å². The number of aromatic amines is 1. The highest BCUT2D eigenvalue weighted by atomic mass is 16.5. The van der Waals surface area contributed by atoms with Gasteiger partial charge >= 0.3 is 5.97 Å². The minimum absolute atomic E-state index is 0.0217. The van der Waals surface area contributed by atoms with Crippen molar-refractivity contribution >= 4 is 23.1 Å². The van der Waals surface area contributed by atoms with Gasteiger partial charge in [0.2, 0.25) is 5.95 Å². The lowest BCUT2D eigenvalue weighted by Crippen LogP contribution is -2.16. The third kappa shape index (κ3) is 3.76. The number of nitrogens with zero attached hydrogens (tertiary/aromatic N) is 3. The highest BCUT2D eigenvalue weighted by Gasteiger charge is 2.16. The van der Waals surface area contributed by atoms with Gasteiger partial charge < -0.3 is 10.5 Å². The molecule has 8 nitrogen and oxygen atoms in total. The summed E-state index contributed by atoms with van der Waals surface area (Å²) in [5.41, 5.74) is 5.56. The summed E-state index contributed by atoms with van der Waals surface area (Å²) in [5.74, 6) is -0.440. The summed E-state index contributed by atoms with van der Waals surface area (Å²) < 4.78 is 5.10. The lowest BCUT2D eigenvalue weighted by atomic mass is 10.2. The van der Waals surface area contributed by atoms with E-state index in [-0.39, 0.29) is 17.1 Å². The minimum atomic E-state index is -0.536. The molecule has 0 aliphatic heterocycles. The molecule has 1 atom stereocenters. The molecule has 0 aliphatic carbocycles. The first kappa shape index (κ1) is 16.1. The maximum absolute atomic E-state index is 11.7. The third-order valence-electron chi connectivity index (χ3n) is 2.46. The molecule has 0 saturated heterocycles. The Bertz CT molecular complexity index is 723. The van der Waals surface area contributed by atoms with Crippen molar-refractivity contribution < 1.29 is 9.53 Å². The van der Waals surface area contributed by atoms with Crippen LogP contribution in [0, 0.1) is 12.8 Å². The Kier molecular flexibility index (Phi) is 5.37. The molecule has 0 radical (unpaired) electrons. The average molecular weight is 289 g/mol. The first-order valence-electron chi connectivity index (χ1n) is 6.04. The SMILES string of the molecule is C#C.CC[C@H](OC(C)=O)c1cnc2nc(N)[nH]c(=O)c2n1. The second-order valence-electron chi connectivity index (χ2n) is 3.92. The van der Waals surface area contributed by atoms with E-state index in [2.05, 4.69) is 32.8 Å². The summed E-state index contributed by atoms with van der Waals surface area (Å²) in [5, 5.41) is 0. The molecular weight excluding hydrogens is 274 g/mol. The van der Waals surface area contributed by atoms with E-state index in [0.717, 1.165) is 0 Å². The molecule has 0 aliphatic rings. The van der Waals surface area contributed by atoms with Crippen molar-refractivity contribution in [2.24, 2.45) is 0 Å². The minimum Gasteiger partial charge on any atom is -0.456 e. The molecule has 2 aromatic rings. The van der Waals surface area contributed by atoms with Crippen molar-refractivity contribution in [2.45, 2.75) is 26.4 Å². The van der Waals surface area contributed by atoms with E-state index >= 15 is 0 Å². The van der Waals surface area contributed by atoms with Gasteiger partial charge in [-0.15, -0.1) is 12.8 Å². The summed E-state index contributed by atoms with van der Waals surface area (Å²) in [7, 11) is 0. The van der Waals surface area contributed by atoms with Crippen LogP contribution in [0.5, 0.6) is 0 Å². The average Bonchev–Trinajstić information content (AvgIpc) is 2.46. The second-order valence-corrected chi connectivity index (χ2v) is 3.92. The number of H-pyrrole nitrogens is 1. The summed E-state index contributed by atoms with van der Waals surface area (Å²) in [4.78, 5) is 37.0. The lowest BCUT2D eigenvalue weighted by molar-refractivity contribution is -0.147. The standard InChI is InChI=1S/C11H13N5O3.C2H2/c1-3-7(19-5(2)17)6-4-13-9-8(14-6)10(18)16-11(12)15-9;1-2/h4,7H,3H2,1-2H3,(H3,12,13,15,16,18);1-2H/t7-;/m0./s1. The quantitative estimate of drug-likeness (QED) is 0.624. The van der Waals surface area contributed by atoms with Gasteiger partial charge in [0, 0.05) is 6.92 Å². The molecule has 110 valence electrons. The molecule has 3 N–H and O–H groups in total. The van der Waals surface area contributed by atoms with Gasteiger partial charge in [-0.2, -0.15) is 4.98 Å². The van der Waals surface area contributed by atoms with Gasteiger partial charge in [-0.05, 0) is 6.42 Å². The number of anilines is 1. The van der Waals surface area contributed by atoms with Crippen LogP contribution >= 0.6 is 0 Å². The Morgan fingerprint density at radius 2 is 2.14 bits per heavy atom. The largest absolute Gasteiger partial charge is 0.456 e. The zero-order chi connectivity index (χ0) is 16.0. The number of rotatable bonds is 3. The molecule has 2 aromatic heterocycles. The molecule has 0 aromatic carbocycles. The molecule has 0 bridgehead atoms. The molecular formula is C13H15N5O3. The van der Waals surface area contributed by atoms with Crippen LogP contribution in [-0.4, -0.2) is 25.9 Å². The van der Waals surface area contributed by atoms with Gasteiger partial charge in [-0.1, -0.05) is 6.92 Å². The number of carbonyl (C=O) groups is 1. The Hall–Kier alpha value is -2.95. The molecule has 2 heterocycles. The van der Waals surface area contributed by atoms with Crippen LogP contribution in [0.25, 0.3) is 11.2 Å². The van der Waals surface area contributed by atoms with Crippen molar-refractivity contribution in [3.8, 4) is 12.8 Å². The number of hydrogen-bond acceptors (Lipinski definition) is 7. The van der Waals surface area contributed by atoms with Crippen LogP contribution in [0.15, 0.2) is 11.0 Å². The van der Waals surface area contributed by atoms with Gasteiger partial charge in [-0.3, -0.25) is 14.6 Å². The predicted octanol–water partition coefficient (Wildman–Crippen LogP) is 0.559. The number of ether oxygens (including phenoxy) is 1. The Morgan fingerprint density at radius 3 is 2.71 bits per heavy atom. The van der Waals surface area contributed by atoms with Gasteiger partial charge in [-0.25, -0.2) is 9.97 Å². The number of nitrogen functional groups attached to an aromatic ring is 1. The number of nitrogens with two attached hydrogens (primary N) is 1. The van der Waals surface area contributed by atoms with Crippen molar-refractivity contribution in [1.82, 2.24) is 19.9 Å². The van der Waals surface area contributed by atoms with Gasteiger partial charge in [0.1, 0.15) is 11.8 Å². The van der Waals surface area contributed by atoms with E-state index in [4.69, 9.17) is 10.5 Å². The third-order valence-corrected chi connectivity index (χ3v) is 2.46. The maximum atomic E-state index is 11.7. The molecule has 0 amide bonds. The topological polar surface area (TPSA) is 124 Å². The smallest absolute Gasteiger partial charge is 0.303 e. The second kappa shape index (κ2) is 7.00. The Balaban J connectivity index is 0.00000106. The van der Waals surface area contributed by atoms with Crippen LogP contribution in [0.4, 0.5) is 5.95 Å². The predicted molar refractivity (Wildman–Crippen MR) is 77.1 cm³/mol. The fraction of sp³-hybridized carbons (Fsp3) is 0.308. The number of terminal acetylenes is 1. The highest BCUT2D eigenvalue weighted by Crippen LogP contribution is 2.19. The monoisotopic (exact) mass is 289 g/mol. The first-order valence-corrected chi connectivity index (χ1v) is 6.04. The zero-order valence-corrected chi connectivity index (χ0v) is 11.7. The maximum Gasteiger partial charge on any atom is 0.303 e. The van der Waals surface area contributed by atoms with Crippen molar-refractivity contribution in [1.29, 1.82) is 0 Å². The van der Waals surface area contributed by atoms with E-state index in [1.807, 2.05) is 6.92 Å². The summed E-state index contributed by atoms with van der Waals surface area (Å²) >= 11 is 0. The molecule has 0 unspecified atom stereocenters. The number of esters is 1. The number of fused-ring (bicyclic) bond motifs is 1. The lowest BCUT2D eigenvalue weighted by Gasteiger charge is -2.14. The van der Waals surface area contributed by atoms with Crippen LogP contribution in [0.2, 0.25) is 0 Å². The zero-order valence-electron chi connectivity index (χ0n) is 11.7. The Labute approximate surface area is 120 Å². The number of aromatic nitrogens is 4.